The minimum absolute atomic E-state index is 0.0725. The number of carbonyl (C=O) groups is 1. The first-order valence-corrected chi connectivity index (χ1v) is 8.49. The van der Waals surface area contributed by atoms with Gasteiger partial charge in [-0.25, -0.2) is 0 Å². The van der Waals surface area contributed by atoms with E-state index in [1.807, 2.05) is 6.07 Å². The summed E-state index contributed by atoms with van der Waals surface area (Å²) in [5, 5.41) is 11.8. The van der Waals surface area contributed by atoms with Crippen molar-refractivity contribution in [1.82, 2.24) is 9.97 Å². The zero-order valence-corrected chi connectivity index (χ0v) is 15.9. The van der Waals surface area contributed by atoms with Gasteiger partial charge in [0.2, 0.25) is 17.7 Å². The van der Waals surface area contributed by atoms with Crippen LogP contribution in [0.5, 0.6) is 5.88 Å². The van der Waals surface area contributed by atoms with E-state index in [1.54, 1.807) is 6.92 Å². The van der Waals surface area contributed by atoms with E-state index in [0.717, 1.165) is 12.1 Å². The van der Waals surface area contributed by atoms with Crippen molar-refractivity contribution >= 4 is 23.4 Å². The maximum atomic E-state index is 12.9. The van der Waals surface area contributed by atoms with Crippen LogP contribution in [0.1, 0.15) is 25.0 Å². The number of alkyl halides is 3. The maximum absolute atomic E-state index is 12.9. The summed E-state index contributed by atoms with van der Waals surface area (Å²) < 4.78 is 44.0. The topological polar surface area (TPSA) is 117 Å². The molecule has 0 fully saturated rings. The lowest BCUT2D eigenvalue weighted by Crippen LogP contribution is -2.40. The van der Waals surface area contributed by atoms with Crippen LogP contribution in [0.15, 0.2) is 24.3 Å². The van der Waals surface area contributed by atoms with Crippen molar-refractivity contribution in [3.05, 3.63) is 35.4 Å². The Bertz CT molecular complexity index is 942. The number of hydrogen-bond acceptors (Lipinski definition) is 7. The molecule has 2 aromatic rings. The van der Waals surface area contributed by atoms with E-state index in [0.29, 0.717) is 0 Å². The van der Waals surface area contributed by atoms with Crippen molar-refractivity contribution in [3.8, 4) is 11.9 Å². The quantitative estimate of drug-likeness (QED) is 0.755. The molecule has 1 aromatic heterocycles. The molecular weight excluding hydrogens is 389 g/mol. The Morgan fingerprint density at radius 2 is 2.10 bits per heavy atom. The molecule has 0 bridgehead atoms. The second-order valence-electron chi connectivity index (χ2n) is 5.98. The van der Waals surface area contributed by atoms with Gasteiger partial charge in [0, 0.05) is 12.7 Å². The number of ether oxygens (including phenoxy) is 1. The molecule has 0 aliphatic carbocycles. The van der Waals surface area contributed by atoms with Crippen molar-refractivity contribution in [2.24, 2.45) is 0 Å². The lowest BCUT2D eigenvalue weighted by molar-refractivity contribution is -0.137. The third kappa shape index (κ3) is 5.04. The molecule has 1 amide bonds. The van der Waals surface area contributed by atoms with Crippen LogP contribution < -0.4 is 20.7 Å². The second kappa shape index (κ2) is 8.64. The summed E-state index contributed by atoms with van der Waals surface area (Å²) >= 11 is 0. The predicted molar refractivity (Wildman–Crippen MR) is 100 cm³/mol. The Balaban J connectivity index is 2.27. The van der Waals surface area contributed by atoms with E-state index in [9.17, 15) is 23.2 Å². The number of nitriles is 1. The van der Waals surface area contributed by atoms with Crippen molar-refractivity contribution in [3.63, 3.8) is 0 Å². The molecule has 3 N–H and O–H groups in total. The summed E-state index contributed by atoms with van der Waals surface area (Å²) in [6.07, 6.45) is -4.50. The number of hydrogen-bond donors (Lipinski definition) is 2. The van der Waals surface area contributed by atoms with Gasteiger partial charge in [-0.3, -0.25) is 4.79 Å². The first-order chi connectivity index (χ1) is 13.6. The number of nitrogens with one attached hydrogen (secondary N) is 1. The standard InChI is InChI=1S/C18H19F3N6O2/c1-4-29-16-13(9-22)14(25-17(23)26-16)24-15(28)10(2)27(3)12-7-5-6-11(8-12)18(19,20)21/h5-8,10H,4H2,1-3H3,(H3,23,24,25,26,28)/t10-/m0/s1. The van der Waals surface area contributed by atoms with Crippen molar-refractivity contribution in [2.75, 3.05) is 29.6 Å². The summed E-state index contributed by atoms with van der Waals surface area (Å²) in [6, 6.07) is 5.55. The second-order valence-corrected chi connectivity index (χ2v) is 5.98. The molecule has 1 heterocycles. The van der Waals surface area contributed by atoms with E-state index >= 15 is 0 Å². The van der Waals surface area contributed by atoms with E-state index < -0.39 is 23.7 Å². The number of nitrogen functional groups attached to an aromatic ring is 1. The molecule has 0 radical (unpaired) electrons. The fraction of sp³-hybridized carbons (Fsp3) is 0.333. The number of anilines is 3. The molecular formula is C18H19F3N6O2. The number of aromatic nitrogens is 2. The van der Waals surface area contributed by atoms with Crippen LogP contribution >= 0.6 is 0 Å². The Morgan fingerprint density at radius 1 is 1.41 bits per heavy atom. The van der Waals surface area contributed by atoms with Crippen LogP contribution in [-0.2, 0) is 11.0 Å². The highest BCUT2D eigenvalue weighted by Gasteiger charge is 2.31. The van der Waals surface area contributed by atoms with E-state index in [2.05, 4.69) is 15.3 Å². The van der Waals surface area contributed by atoms with Crippen LogP contribution in [0.4, 0.5) is 30.6 Å². The summed E-state index contributed by atoms with van der Waals surface area (Å²) in [5.41, 5.74) is 4.85. The fourth-order valence-corrected chi connectivity index (χ4v) is 2.41. The van der Waals surface area contributed by atoms with Crippen molar-refractivity contribution < 1.29 is 22.7 Å². The molecule has 8 nitrogen and oxygen atoms in total. The monoisotopic (exact) mass is 408 g/mol. The number of benzene rings is 1. The summed E-state index contributed by atoms with van der Waals surface area (Å²) in [7, 11) is 1.48. The Morgan fingerprint density at radius 3 is 2.69 bits per heavy atom. The zero-order chi connectivity index (χ0) is 21.8. The van der Waals surface area contributed by atoms with Crippen LogP contribution in [0.25, 0.3) is 0 Å². The molecule has 0 saturated carbocycles. The molecule has 0 aliphatic heterocycles. The van der Waals surface area contributed by atoms with Gasteiger partial charge in [0.1, 0.15) is 12.1 Å². The number of halogens is 3. The highest BCUT2D eigenvalue weighted by molar-refractivity contribution is 5.97. The van der Waals surface area contributed by atoms with Gasteiger partial charge in [-0.05, 0) is 32.0 Å². The molecule has 1 aromatic carbocycles. The predicted octanol–water partition coefficient (Wildman–Crippen LogP) is 2.81. The number of nitrogens with zero attached hydrogens (tertiary/aromatic N) is 4. The van der Waals surface area contributed by atoms with Crippen LogP contribution in [-0.4, -0.2) is 35.6 Å². The average molecular weight is 408 g/mol. The fourth-order valence-electron chi connectivity index (χ4n) is 2.41. The van der Waals surface area contributed by atoms with Gasteiger partial charge >= 0.3 is 6.18 Å². The average Bonchev–Trinajstić information content (AvgIpc) is 2.66. The van der Waals surface area contributed by atoms with E-state index in [-0.39, 0.29) is 35.5 Å². The van der Waals surface area contributed by atoms with Gasteiger partial charge in [0.25, 0.3) is 0 Å². The Hall–Kier alpha value is -3.55. The Kier molecular flexibility index (Phi) is 6.48. The zero-order valence-electron chi connectivity index (χ0n) is 15.9. The molecule has 0 saturated heterocycles. The third-order valence-electron chi connectivity index (χ3n) is 4.07. The minimum Gasteiger partial charge on any atom is -0.477 e. The lowest BCUT2D eigenvalue weighted by atomic mass is 10.1. The van der Waals surface area contributed by atoms with Gasteiger partial charge in [-0.2, -0.15) is 28.4 Å². The van der Waals surface area contributed by atoms with Gasteiger partial charge in [-0.1, -0.05) is 6.07 Å². The number of nitrogens with two attached hydrogens (primary N) is 1. The molecule has 0 unspecified atom stereocenters. The first-order valence-electron chi connectivity index (χ1n) is 8.49. The highest BCUT2D eigenvalue weighted by Crippen LogP contribution is 2.32. The van der Waals surface area contributed by atoms with Crippen LogP contribution in [0.2, 0.25) is 0 Å². The third-order valence-corrected chi connectivity index (χ3v) is 4.07. The van der Waals surface area contributed by atoms with Crippen molar-refractivity contribution in [1.29, 1.82) is 5.26 Å². The summed E-state index contributed by atoms with van der Waals surface area (Å²) in [6.45, 7) is 3.40. The molecule has 0 aliphatic rings. The minimum atomic E-state index is -4.50. The van der Waals surface area contributed by atoms with Gasteiger partial charge in [-0.15, -0.1) is 0 Å². The van der Waals surface area contributed by atoms with Crippen LogP contribution in [0.3, 0.4) is 0 Å². The number of amides is 1. The van der Waals surface area contributed by atoms with E-state index in [1.165, 1.54) is 31.0 Å². The molecule has 2 rings (SSSR count). The van der Waals surface area contributed by atoms with Gasteiger partial charge < -0.3 is 20.7 Å². The molecule has 154 valence electrons. The lowest BCUT2D eigenvalue weighted by Gasteiger charge is -2.26. The molecule has 0 spiro atoms. The summed E-state index contributed by atoms with van der Waals surface area (Å²) in [5.74, 6) is -1.03. The number of carbonyl (C=O) groups excluding carboxylic acids is 1. The SMILES string of the molecule is CCOc1nc(N)nc(NC(=O)[C@H](C)N(C)c2cccc(C(F)(F)F)c2)c1C#N. The van der Waals surface area contributed by atoms with Gasteiger partial charge in [0.05, 0.1) is 12.2 Å². The Labute approximate surface area is 165 Å². The maximum Gasteiger partial charge on any atom is 0.416 e. The van der Waals surface area contributed by atoms with Crippen molar-refractivity contribution in [2.45, 2.75) is 26.1 Å². The molecule has 29 heavy (non-hydrogen) atoms. The van der Waals surface area contributed by atoms with Crippen LogP contribution in [0, 0.1) is 11.3 Å². The first kappa shape index (κ1) is 21.7. The number of rotatable bonds is 6. The van der Waals surface area contributed by atoms with Gasteiger partial charge in [0.15, 0.2) is 11.4 Å². The highest BCUT2D eigenvalue weighted by atomic mass is 19.4. The number of likely N-dealkylation sites (N-methyl/N-ethyl adjacent to an activating group) is 1. The normalized spacial score (nSPS) is 12.0. The van der Waals surface area contributed by atoms with E-state index in [4.69, 9.17) is 10.5 Å². The smallest absolute Gasteiger partial charge is 0.416 e. The largest absolute Gasteiger partial charge is 0.477 e. The summed E-state index contributed by atoms with van der Waals surface area (Å²) in [4.78, 5) is 21.7. The molecule has 1 atom stereocenters. The molecule has 11 heteroatoms.